The molecule has 1 atom stereocenters. The summed E-state index contributed by atoms with van der Waals surface area (Å²) in [5.41, 5.74) is 1.47. The standard InChI is InChI=1S/C24H29F3N2O5S2/c1-35(30,31)22-13-18(23(24(25,26)27)28-14-19-5-3-4-6-20(19)15-28)7-8-21(22)34-16-17-9-11-29(12-10-17)36(2,32)33/h3-8,13,17,23H,9-12,14-16H2,1-2H3. The monoisotopic (exact) mass is 546 g/mol. The number of piperidine rings is 1. The van der Waals surface area contributed by atoms with Crippen LogP contribution in [-0.2, 0) is 33.0 Å². The second-order valence-electron chi connectivity index (χ2n) is 9.51. The summed E-state index contributed by atoms with van der Waals surface area (Å²) >= 11 is 0. The fraction of sp³-hybridized carbons (Fsp3) is 0.500. The van der Waals surface area contributed by atoms with Gasteiger partial charge in [0, 0.05) is 32.4 Å². The molecular formula is C24H29F3N2O5S2. The summed E-state index contributed by atoms with van der Waals surface area (Å²) < 4.78 is 98.3. The molecule has 7 nitrogen and oxygen atoms in total. The van der Waals surface area contributed by atoms with Gasteiger partial charge in [0.05, 0.1) is 12.9 Å². The van der Waals surface area contributed by atoms with Crippen molar-refractivity contribution in [3.63, 3.8) is 0 Å². The van der Waals surface area contributed by atoms with Crippen LogP contribution in [0.25, 0.3) is 0 Å². The van der Waals surface area contributed by atoms with Gasteiger partial charge in [0.2, 0.25) is 10.0 Å². The van der Waals surface area contributed by atoms with E-state index in [9.17, 15) is 30.0 Å². The number of sulfonamides is 1. The molecule has 1 unspecified atom stereocenters. The normalized spacial score (nSPS) is 19.2. The second kappa shape index (κ2) is 9.96. The highest BCUT2D eigenvalue weighted by Gasteiger charge is 2.46. The van der Waals surface area contributed by atoms with E-state index < -0.39 is 32.1 Å². The number of nitrogens with zero attached hydrogens (tertiary/aromatic N) is 2. The molecule has 0 bridgehead atoms. The highest BCUT2D eigenvalue weighted by molar-refractivity contribution is 7.90. The predicted molar refractivity (Wildman–Crippen MR) is 129 cm³/mol. The summed E-state index contributed by atoms with van der Waals surface area (Å²) in [6.45, 7) is 1.05. The first-order valence-electron chi connectivity index (χ1n) is 11.5. The molecule has 2 aliphatic heterocycles. The van der Waals surface area contributed by atoms with Gasteiger partial charge in [0.1, 0.15) is 16.7 Å². The minimum atomic E-state index is -4.62. The van der Waals surface area contributed by atoms with Crippen molar-refractivity contribution in [2.24, 2.45) is 5.92 Å². The van der Waals surface area contributed by atoms with Crippen LogP contribution in [0.1, 0.15) is 35.6 Å². The minimum Gasteiger partial charge on any atom is -0.492 e. The Hall–Kier alpha value is -2.15. The second-order valence-corrected chi connectivity index (χ2v) is 13.5. The zero-order valence-corrected chi connectivity index (χ0v) is 21.7. The molecule has 4 rings (SSSR count). The summed E-state index contributed by atoms with van der Waals surface area (Å²) in [5.74, 6) is -0.00135. The van der Waals surface area contributed by atoms with Crippen LogP contribution in [0.2, 0.25) is 0 Å². The maximum Gasteiger partial charge on any atom is 0.408 e. The number of sulfone groups is 1. The van der Waals surface area contributed by atoms with Gasteiger partial charge in [-0.15, -0.1) is 0 Å². The van der Waals surface area contributed by atoms with E-state index in [0.717, 1.165) is 29.7 Å². The lowest BCUT2D eigenvalue weighted by molar-refractivity contribution is -0.188. The Morgan fingerprint density at radius 2 is 1.56 bits per heavy atom. The Kier molecular flexibility index (Phi) is 7.44. The van der Waals surface area contributed by atoms with E-state index >= 15 is 0 Å². The number of ether oxygens (including phenoxy) is 1. The Morgan fingerprint density at radius 1 is 0.972 bits per heavy atom. The maximum atomic E-state index is 14.2. The van der Waals surface area contributed by atoms with E-state index in [1.165, 1.54) is 21.3 Å². The SMILES string of the molecule is CS(=O)(=O)c1cc(C(N2Cc3ccccc3C2)C(F)(F)F)ccc1OCC1CCN(S(C)(=O)=O)CC1. The van der Waals surface area contributed by atoms with Gasteiger partial charge in [0.15, 0.2) is 9.84 Å². The Labute approximate surface area is 209 Å². The van der Waals surface area contributed by atoms with Crippen molar-refractivity contribution in [2.45, 2.75) is 43.0 Å². The Balaban J connectivity index is 1.55. The molecule has 2 heterocycles. The molecule has 0 N–H and O–H groups in total. The zero-order valence-electron chi connectivity index (χ0n) is 20.0. The molecule has 0 aromatic heterocycles. The van der Waals surface area contributed by atoms with E-state index in [1.807, 2.05) is 0 Å². The van der Waals surface area contributed by atoms with E-state index in [1.54, 1.807) is 24.3 Å². The van der Waals surface area contributed by atoms with Crippen LogP contribution in [0, 0.1) is 5.92 Å². The first-order valence-corrected chi connectivity index (χ1v) is 15.3. The lowest BCUT2D eigenvalue weighted by Crippen LogP contribution is -2.39. The fourth-order valence-electron chi connectivity index (χ4n) is 4.87. The van der Waals surface area contributed by atoms with Crippen LogP contribution in [-0.4, -0.2) is 64.4 Å². The first-order chi connectivity index (χ1) is 16.7. The number of rotatable bonds is 7. The molecule has 0 amide bonds. The molecule has 1 fully saturated rings. The highest BCUT2D eigenvalue weighted by Crippen LogP contribution is 2.43. The van der Waals surface area contributed by atoms with E-state index in [0.29, 0.717) is 25.9 Å². The number of halogens is 3. The molecule has 36 heavy (non-hydrogen) atoms. The number of fused-ring (bicyclic) bond motifs is 1. The number of alkyl halides is 3. The lowest BCUT2D eigenvalue weighted by Gasteiger charge is -2.31. The van der Waals surface area contributed by atoms with Crippen molar-refractivity contribution in [2.75, 3.05) is 32.2 Å². The topological polar surface area (TPSA) is 84.0 Å². The number of benzene rings is 2. The average Bonchev–Trinajstić information content (AvgIpc) is 3.19. The van der Waals surface area contributed by atoms with Crippen molar-refractivity contribution >= 4 is 19.9 Å². The van der Waals surface area contributed by atoms with Crippen molar-refractivity contribution < 1.29 is 34.7 Å². The number of hydrogen-bond donors (Lipinski definition) is 0. The van der Waals surface area contributed by atoms with Gasteiger partial charge in [0.25, 0.3) is 0 Å². The van der Waals surface area contributed by atoms with Crippen molar-refractivity contribution in [1.29, 1.82) is 0 Å². The summed E-state index contributed by atoms with van der Waals surface area (Å²) in [6, 6.07) is 8.81. The highest BCUT2D eigenvalue weighted by atomic mass is 32.2. The van der Waals surface area contributed by atoms with Crippen LogP contribution < -0.4 is 4.74 Å². The molecule has 198 valence electrons. The summed E-state index contributed by atoms with van der Waals surface area (Å²) in [5, 5.41) is 0. The molecule has 0 saturated carbocycles. The largest absolute Gasteiger partial charge is 0.492 e. The predicted octanol–water partition coefficient (Wildman–Crippen LogP) is 3.76. The molecule has 2 aromatic rings. The third-order valence-electron chi connectivity index (χ3n) is 6.74. The van der Waals surface area contributed by atoms with Crippen molar-refractivity contribution in [1.82, 2.24) is 9.21 Å². The molecule has 0 aliphatic carbocycles. The van der Waals surface area contributed by atoms with E-state index in [2.05, 4.69) is 0 Å². The molecule has 12 heteroatoms. The molecule has 2 aromatic carbocycles. The lowest BCUT2D eigenvalue weighted by atomic mass is 9.99. The van der Waals surface area contributed by atoms with Crippen molar-refractivity contribution in [3.8, 4) is 5.75 Å². The van der Waals surface area contributed by atoms with Crippen LogP contribution in [0.15, 0.2) is 47.4 Å². The fourth-order valence-corrected chi connectivity index (χ4v) is 6.58. The van der Waals surface area contributed by atoms with Crippen LogP contribution >= 0.6 is 0 Å². The van der Waals surface area contributed by atoms with Gasteiger partial charge in [-0.1, -0.05) is 30.3 Å². The van der Waals surface area contributed by atoms with Gasteiger partial charge >= 0.3 is 6.18 Å². The zero-order chi connectivity index (χ0) is 26.3. The van der Waals surface area contributed by atoms with Gasteiger partial charge in [-0.3, -0.25) is 4.90 Å². The van der Waals surface area contributed by atoms with Gasteiger partial charge in [-0.25, -0.2) is 21.1 Å². The van der Waals surface area contributed by atoms with Crippen LogP contribution in [0.3, 0.4) is 0 Å². The first kappa shape index (κ1) is 26.9. The van der Waals surface area contributed by atoms with Gasteiger partial charge in [-0.05, 0) is 47.6 Å². The van der Waals surface area contributed by atoms with Crippen molar-refractivity contribution in [3.05, 3.63) is 59.2 Å². The van der Waals surface area contributed by atoms with E-state index in [-0.39, 0.29) is 41.8 Å². The quantitative estimate of drug-likeness (QED) is 0.526. The minimum absolute atomic E-state index is 0.00103. The average molecular weight is 547 g/mol. The molecule has 0 spiro atoms. The third kappa shape index (κ3) is 6.04. The molecule has 2 aliphatic rings. The number of hydrogen-bond acceptors (Lipinski definition) is 6. The van der Waals surface area contributed by atoms with Crippen LogP contribution in [0.5, 0.6) is 5.75 Å². The maximum absolute atomic E-state index is 14.2. The third-order valence-corrected chi connectivity index (χ3v) is 9.16. The van der Waals surface area contributed by atoms with E-state index in [4.69, 9.17) is 4.74 Å². The summed E-state index contributed by atoms with van der Waals surface area (Å²) in [4.78, 5) is 1.00. The molecular weight excluding hydrogens is 517 g/mol. The summed E-state index contributed by atoms with van der Waals surface area (Å²) in [7, 11) is -7.17. The molecule has 0 radical (unpaired) electrons. The molecule has 1 saturated heterocycles. The Morgan fingerprint density at radius 3 is 2.06 bits per heavy atom. The van der Waals surface area contributed by atoms with Crippen LogP contribution in [0.4, 0.5) is 13.2 Å². The van der Waals surface area contributed by atoms with Gasteiger partial charge in [-0.2, -0.15) is 13.2 Å². The Bertz CT molecular complexity index is 1300. The summed E-state index contributed by atoms with van der Waals surface area (Å²) in [6.07, 6.45) is -1.43. The smallest absolute Gasteiger partial charge is 0.408 e. The van der Waals surface area contributed by atoms with Gasteiger partial charge < -0.3 is 4.74 Å².